The molecule has 0 radical (unpaired) electrons. The number of nitrogens with zero attached hydrogens (tertiary/aromatic N) is 3. The first kappa shape index (κ1) is 24.9. The first-order chi connectivity index (χ1) is 15.7. The van der Waals surface area contributed by atoms with Crippen molar-refractivity contribution in [1.82, 2.24) is 9.55 Å². The van der Waals surface area contributed by atoms with Crippen LogP contribution >= 0.6 is 23.2 Å². The summed E-state index contributed by atoms with van der Waals surface area (Å²) in [5.74, 6) is -1.46. The van der Waals surface area contributed by atoms with Crippen LogP contribution in [0.3, 0.4) is 0 Å². The van der Waals surface area contributed by atoms with Gasteiger partial charge in [-0.2, -0.15) is 0 Å². The highest BCUT2D eigenvalue weighted by Gasteiger charge is 2.47. The van der Waals surface area contributed by atoms with Gasteiger partial charge in [0.05, 0.1) is 24.5 Å². The van der Waals surface area contributed by atoms with E-state index in [1.54, 1.807) is 50.0 Å². The van der Waals surface area contributed by atoms with Crippen molar-refractivity contribution in [2.24, 2.45) is 0 Å². The normalized spacial score (nSPS) is 20.7. The molecule has 0 spiro atoms. The van der Waals surface area contributed by atoms with Crippen LogP contribution in [0.4, 0.5) is 4.39 Å². The van der Waals surface area contributed by atoms with Gasteiger partial charge in [0.2, 0.25) is 5.79 Å². The summed E-state index contributed by atoms with van der Waals surface area (Å²) in [5.41, 5.74) is 1.46. The maximum Gasteiger partial charge on any atom is 0.291 e. The van der Waals surface area contributed by atoms with Crippen LogP contribution in [0.25, 0.3) is 0 Å². The van der Waals surface area contributed by atoms with Gasteiger partial charge in [0.1, 0.15) is 18.0 Å². The Kier molecular flexibility index (Phi) is 8.22. The predicted octanol–water partition coefficient (Wildman–Crippen LogP) is 4.64. The van der Waals surface area contributed by atoms with Gasteiger partial charge in [-0.15, -0.1) is 10.1 Å². The average molecular weight is 500 g/mol. The van der Waals surface area contributed by atoms with Crippen molar-refractivity contribution < 1.29 is 28.9 Å². The van der Waals surface area contributed by atoms with Gasteiger partial charge in [-0.05, 0) is 29.8 Å². The van der Waals surface area contributed by atoms with Gasteiger partial charge in [-0.25, -0.2) is 9.37 Å². The molecule has 0 saturated carbocycles. The molecular formula is C21H20Cl2FN3O6. The Morgan fingerprint density at radius 1 is 1.36 bits per heavy atom. The fourth-order valence-corrected chi connectivity index (χ4v) is 4.11. The quantitative estimate of drug-likeness (QED) is 0.388. The molecule has 1 saturated heterocycles. The molecule has 176 valence electrons. The van der Waals surface area contributed by atoms with E-state index < -0.39 is 23.1 Å². The third-order valence-corrected chi connectivity index (χ3v) is 5.45. The van der Waals surface area contributed by atoms with Gasteiger partial charge >= 0.3 is 0 Å². The van der Waals surface area contributed by atoms with Crippen molar-refractivity contribution in [3.63, 3.8) is 0 Å². The summed E-state index contributed by atoms with van der Waals surface area (Å²) in [6, 6.07) is 11.3. The molecule has 3 atom stereocenters. The van der Waals surface area contributed by atoms with Crippen LogP contribution in [0, 0.1) is 15.9 Å². The lowest BCUT2D eigenvalue weighted by Crippen LogP contribution is -2.34. The summed E-state index contributed by atoms with van der Waals surface area (Å²) in [4.78, 5) is 12.5. The van der Waals surface area contributed by atoms with Crippen molar-refractivity contribution in [3.8, 4) is 0 Å². The number of hydrogen-bond acceptors (Lipinski definition) is 6. The lowest BCUT2D eigenvalue weighted by atomic mass is 10.0. The Balaban J connectivity index is 0.000000709. The molecule has 2 heterocycles. The van der Waals surface area contributed by atoms with Gasteiger partial charge < -0.3 is 24.0 Å². The van der Waals surface area contributed by atoms with E-state index in [0.717, 1.165) is 5.56 Å². The zero-order chi connectivity index (χ0) is 24.0. The summed E-state index contributed by atoms with van der Waals surface area (Å²) >= 11 is 12.6. The number of methoxy groups -OCH3 is 1. The molecule has 0 aliphatic carbocycles. The van der Waals surface area contributed by atoms with Crippen molar-refractivity contribution >= 4 is 23.2 Å². The molecule has 1 aliphatic rings. The molecule has 1 aromatic heterocycles. The fraction of sp³-hybridized carbons (Fsp3) is 0.286. The molecule has 33 heavy (non-hydrogen) atoms. The van der Waals surface area contributed by atoms with Crippen molar-refractivity contribution in [3.05, 3.63) is 98.3 Å². The topological polar surface area (TPSA) is 109 Å². The van der Waals surface area contributed by atoms with Crippen molar-refractivity contribution in [2.75, 3.05) is 13.7 Å². The molecule has 2 aromatic carbocycles. The van der Waals surface area contributed by atoms with E-state index in [-0.39, 0.29) is 12.4 Å². The largest absolute Gasteiger partial charge is 0.374 e. The highest BCUT2D eigenvalue weighted by atomic mass is 35.5. The summed E-state index contributed by atoms with van der Waals surface area (Å²) < 4.78 is 33.5. The molecule has 3 aromatic rings. The van der Waals surface area contributed by atoms with E-state index in [1.165, 1.54) is 12.1 Å². The summed E-state index contributed by atoms with van der Waals surface area (Å²) in [5, 5.41) is 14.6. The molecule has 12 heteroatoms. The Morgan fingerprint density at radius 2 is 2.06 bits per heavy atom. The molecule has 1 fully saturated rings. The first-order valence-corrected chi connectivity index (χ1v) is 10.3. The van der Waals surface area contributed by atoms with Crippen LogP contribution in [0.15, 0.2) is 61.2 Å². The smallest absolute Gasteiger partial charge is 0.291 e. The summed E-state index contributed by atoms with van der Waals surface area (Å²) in [7, 11) is 1.59. The Bertz CT molecular complexity index is 1070. The van der Waals surface area contributed by atoms with Crippen LogP contribution in [-0.4, -0.2) is 39.7 Å². The van der Waals surface area contributed by atoms with Crippen LogP contribution in [-0.2, 0) is 26.5 Å². The maximum absolute atomic E-state index is 13.3. The molecule has 0 bridgehead atoms. The second kappa shape index (κ2) is 10.9. The van der Waals surface area contributed by atoms with Crippen LogP contribution in [0.5, 0.6) is 0 Å². The highest BCUT2D eigenvalue weighted by Crippen LogP contribution is 2.43. The Hall–Kier alpha value is -2.76. The summed E-state index contributed by atoms with van der Waals surface area (Å²) in [6.45, 7) is 0.605. The van der Waals surface area contributed by atoms with Crippen LogP contribution in [0.1, 0.15) is 17.2 Å². The van der Waals surface area contributed by atoms with Gasteiger partial charge in [-0.3, -0.25) is 0 Å². The number of benzene rings is 2. The van der Waals surface area contributed by atoms with Gasteiger partial charge in [0, 0.05) is 30.1 Å². The number of ether oxygens (including phenoxy) is 3. The van der Waals surface area contributed by atoms with E-state index in [9.17, 15) is 4.39 Å². The van der Waals surface area contributed by atoms with E-state index >= 15 is 0 Å². The van der Waals surface area contributed by atoms with Crippen LogP contribution in [0.2, 0.25) is 10.0 Å². The lowest BCUT2D eigenvalue weighted by molar-refractivity contribution is -0.742. The van der Waals surface area contributed by atoms with Crippen molar-refractivity contribution in [2.45, 2.75) is 24.5 Å². The number of halogens is 3. The number of aromatic nitrogens is 2. The van der Waals surface area contributed by atoms with Crippen LogP contribution < -0.4 is 0 Å². The van der Waals surface area contributed by atoms with E-state index in [0.29, 0.717) is 22.2 Å². The Morgan fingerprint density at radius 3 is 2.64 bits per heavy atom. The number of imidazole rings is 1. The predicted molar refractivity (Wildman–Crippen MR) is 116 cm³/mol. The second-order valence-corrected chi connectivity index (χ2v) is 7.87. The SMILES string of the molecule is COC(c1ccc(F)cc1)[C@@H]1CO[C@@](Cn2ccnc2)(c2ccc(Cl)cc2Cl)O1.O=[N+]([O-])O. The van der Waals surface area contributed by atoms with Crippen molar-refractivity contribution in [1.29, 1.82) is 0 Å². The Labute approximate surface area is 198 Å². The number of hydrogen-bond donors (Lipinski definition) is 1. The minimum Gasteiger partial charge on any atom is -0.374 e. The molecular weight excluding hydrogens is 480 g/mol. The third-order valence-electron chi connectivity index (χ3n) is 4.90. The van der Waals surface area contributed by atoms with E-state index in [2.05, 4.69) is 4.98 Å². The molecule has 9 nitrogen and oxygen atoms in total. The zero-order valence-electron chi connectivity index (χ0n) is 17.3. The molecule has 1 aliphatic heterocycles. The fourth-order valence-electron chi connectivity index (χ4n) is 3.56. The minimum atomic E-state index is -1.50. The van der Waals surface area contributed by atoms with E-state index in [4.69, 9.17) is 52.7 Å². The van der Waals surface area contributed by atoms with Gasteiger partial charge in [-0.1, -0.05) is 41.4 Å². The maximum atomic E-state index is 13.3. The van der Waals surface area contributed by atoms with Gasteiger partial charge in [0.15, 0.2) is 0 Å². The minimum absolute atomic E-state index is 0.267. The molecule has 1 N–H and O–H groups in total. The van der Waals surface area contributed by atoms with E-state index in [1.807, 2.05) is 10.8 Å². The molecule has 4 rings (SSSR count). The van der Waals surface area contributed by atoms with Gasteiger partial charge in [0.25, 0.3) is 5.09 Å². The summed E-state index contributed by atoms with van der Waals surface area (Å²) in [6.07, 6.45) is 4.31. The highest BCUT2D eigenvalue weighted by molar-refractivity contribution is 6.35. The standard InChI is InChI=1S/C21H19Cl2FN2O3.HNO3/c1-27-20(14-2-5-16(24)6-3-14)19-11-28-21(29-19,12-26-9-8-25-13-26)17-7-4-15(22)10-18(17)23;2-1(3)4/h2-10,13,19-20H,11-12H2,1H3;(H,2,3,4)/t19-,20?,21+;/m0./s1. The average Bonchev–Trinajstić information content (AvgIpc) is 3.41. The second-order valence-electron chi connectivity index (χ2n) is 7.03. The monoisotopic (exact) mass is 499 g/mol. The molecule has 1 unspecified atom stereocenters. The molecule has 0 amide bonds. The first-order valence-electron chi connectivity index (χ1n) is 9.58. The zero-order valence-corrected chi connectivity index (χ0v) is 18.8. The third kappa shape index (κ3) is 6.18. The lowest BCUT2D eigenvalue weighted by Gasteiger charge is -2.31. The number of rotatable bonds is 6.